The second kappa shape index (κ2) is 9.50. The molecule has 0 radical (unpaired) electrons. The van der Waals surface area contributed by atoms with Crippen molar-refractivity contribution in [2.45, 2.75) is 19.8 Å². The number of aromatic nitrogens is 2. The standard InChI is InChI=1S/C21H30N6O/c1-16-8-11-27(12-9-16)18-6-4-17(5-7-18)25-20-14-19(23-15-24-20)21(28)22-10-13-26(2)3/h4-7,14-16H,8-13H2,1-3H3,(H,22,28)(H,23,24,25). The molecule has 2 aromatic rings. The fourth-order valence-electron chi connectivity index (χ4n) is 3.20. The Labute approximate surface area is 167 Å². The highest BCUT2D eigenvalue weighted by molar-refractivity contribution is 5.92. The Morgan fingerprint density at radius 3 is 2.57 bits per heavy atom. The second-order valence-electron chi connectivity index (χ2n) is 7.69. The molecule has 0 aliphatic carbocycles. The van der Waals surface area contributed by atoms with Crippen molar-refractivity contribution in [2.75, 3.05) is 50.5 Å². The molecular formula is C21H30N6O. The summed E-state index contributed by atoms with van der Waals surface area (Å²) >= 11 is 0. The minimum Gasteiger partial charge on any atom is -0.372 e. The van der Waals surface area contributed by atoms with Crippen molar-refractivity contribution in [3.05, 3.63) is 42.4 Å². The zero-order chi connectivity index (χ0) is 19.9. The molecule has 1 saturated heterocycles. The maximum Gasteiger partial charge on any atom is 0.270 e. The van der Waals surface area contributed by atoms with Crippen LogP contribution in [-0.4, -0.2) is 61.0 Å². The summed E-state index contributed by atoms with van der Waals surface area (Å²) in [7, 11) is 3.94. The molecule has 1 aromatic carbocycles. The van der Waals surface area contributed by atoms with E-state index in [1.54, 1.807) is 6.07 Å². The molecule has 1 aliphatic heterocycles. The minimum atomic E-state index is -0.193. The summed E-state index contributed by atoms with van der Waals surface area (Å²) in [6.07, 6.45) is 3.91. The monoisotopic (exact) mass is 382 g/mol. The molecule has 0 saturated carbocycles. The summed E-state index contributed by atoms with van der Waals surface area (Å²) in [5.41, 5.74) is 2.54. The van der Waals surface area contributed by atoms with Crippen LogP contribution in [0.2, 0.25) is 0 Å². The van der Waals surface area contributed by atoms with Gasteiger partial charge in [0.1, 0.15) is 17.8 Å². The minimum absolute atomic E-state index is 0.193. The SMILES string of the molecule is CC1CCN(c2ccc(Nc3cc(C(=O)NCCN(C)C)ncn3)cc2)CC1. The van der Waals surface area contributed by atoms with E-state index in [4.69, 9.17) is 0 Å². The number of piperidine rings is 1. The molecular weight excluding hydrogens is 352 g/mol. The highest BCUT2D eigenvalue weighted by Gasteiger charge is 2.16. The average Bonchev–Trinajstić information content (AvgIpc) is 2.69. The first kappa shape index (κ1) is 20.1. The Morgan fingerprint density at radius 1 is 1.18 bits per heavy atom. The third-order valence-corrected chi connectivity index (χ3v) is 5.03. The topological polar surface area (TPSA) is 73.4 Å². The lowest BCUT2D eigenvalue weighted by atomic mass is 9.99. The van der Waals surface area contributed by atoms with E-state index in [-0.39, 0.29) is 5.91 Å². The van der Waals surface area contributed by atoms with E-state index < -0.39 is 0 Å². The summed E-state index contributed by atoms with van der Waals surface area (Å²) in [5, 5.41) is 6.12. The first-order valence-electron chi connectivity index (χ1n) is 9.88. The van der Waals surface area contributed by atoms with E-state index in [1.807, 2.05) is 31.1 Å². The molecule has 7 nitrogen and oxygen atoms in total. The first-order chi connectivity index (χ1) is 13.5. The molecule has 1 fully saturated rings. The summed E-state index contributed by atoms with van der Waals surface area (Å²) in [4.78, 5) is 25.0. The van der Waals surface area contributed by atoms with Gasteiger partial charge in [0.05, 0.1) is 0 Å². The third-order valence-electron chi connectivity index (χ3n) is 5.03. The molecule has 0 bridgehead atoms. The van der Waals surface area contributed by atoms with Crippen molar-refractivity contribution in [1.82, 2.24) is 20.2 Å². The number of nitrogens with one attached hydrogen (secondary N) is 2. The number of carbonyl (C=O) groups is 1. The van der Waals surface area contributed by atoms with Crippen molar-refractivity contribution in [3.63, 3.8) is 0 Å². The maximum absolute atomic E-state index is 12.2. The first-order valence-corrected chi connectivity index (χ1v) is 9.88. The predicted molar refractivity (Wildman–Crippen MR) is 113 cm³/mol. The van der Waals surface area contributed by atoms with Gasteiger partial charge in [-0.25, -0.2) is 9.97 Å². The molecule has 2 N–H and O–H groups in total. The number of hydrogen-bond donors (Lipinski definition) is 2. The van der Waals surface area contributed by atoms with Crippen LogP contribution in [0.1, 0.15) is 30.3 Å². The highest BCUT2D eigenvalue weighted by Crippen LogP contribution is 2.25. The summed E-state index contributed by atoms with van der Waals surface area (Å²) in [5.74, 6) is 1.23. The van der Waals surface area contributed by atoms with Gasteiger partial charge in [0, 0.05) is 43.6 Å². The van der Waals surface area contributed by atoms with E-state index in [2.05, 4.69) is 44.6 Å². The number of rotatable bonds is 7. The fourth-order valence-corrected chi connectivity index (χ4v) is 3.20. The Kier molecular flexibility index (Phi) is 6.81. The van der Waals surface area contributed by atoms with Crippen LogP contribution < -0.4 is 15.5 Å². The van der Waals surface area contributed by atoms with Gasteiger partial charge in [0.25, 0.3) is 5.91 Å². The zero-order valence-electron chi connectivity index (χ0n) is 17.0. The largest absolute Gasteiger partial charge is 0.372 e. The number of likely N-dealkylation sites (N-methyl/N-ethyl adjacent to an activating group) is 1. The molecule has 3 rings (SSSR count). The highest BCUT2D eigenvalue weighted by atomic mass is 16.1. The molecule has 2 heterocycles. The Hall–Kier alpha value is -2.67. The van der Waals surface area contributed by atoms with Gasteiger partial charge in [-0.2, -0.15) is 0 Å². The van der Waals surface area contributed by atoms with Gasteiger partial charge in [0.2, 0.25) is 0 Å². The third kappa shape index (κ3) is 5.66. The summed E-state index contributed by atoms with van der Waals surface area (Å²) in [6.45, 7) is 5.92. The number of hydrogen-bond acceptors (Lipinski definition) is 6. The molecule has 7 heteroatoms. The number of benzene rings is 1. The van der Waals surface area contributed by atoms with Crippen molar-refractivity contribution >= 4 is 23.1 Å². The summed E-state index contributed by atoms with van der Waals surface area (Å²) in [6, 6.07) is 10.0. The van der Waals surface area contributed by atoms with E-state index in [9.17, 15) is 4.79 Å². The van der Waals surface area contributed by atoms with Gasteiger partial charge in [-0.05, 0) is 57.1 Å². The molecule has 1 aliphatic rings. The molecule has 0 atom stereocenters. The number of carbonyl (C=O) groups excluding carboxylic acids is 1. The molecule has 1 aromatic heterocycles. The van der Waals surface area contributed by atoms with Crippen LogP contribution in [0.4, 0.5) is 17.2 Å². The van der Waals surface area contributed by atoms with Crippen LogP contribution in [0.25, 0.3) is 0 Å². The molecule has 150 valence electrons. The quantitative estimate of drug-likeness (QED) is 0.767. The maximum atomic E-state index is 12.2. The van der Waals surface area contributed by atoms with Crippen molar-refractivity contribution in [3.8, 4) is 0 Å². The van der Waals surface area contributed by atoms with Crippen LogP contribution in [0.3, 0.4) is 0 Å². The fraction of sp³-hybridized carbons (Fsp3) is 0.476. The number of anilines is 3. The van der Waals surface area contributed by atoms with E-state index >= 15 is 0 Å². The van der Waals surface area contributed by atoms with Crippen LogP contribution >= 0.6 is 0 Å². The Balaban J connectivity index is 1.58. The number of amides is 1. The Bertz CT molecular complexity index is 769. The van der Waals surface area contributed by atoms with Crippen molar-refractivity contribution in [1.29, 1.82) is 0 Å². The van der Waals surface area contributed by atoms with Gasteiger partial charge in [-0.3, -0.25) is 4.79 Å². The smallest absolute Gasteiger partial charge is 0.270 e. The van der Waals surface area contributed by atoms with Crippen LogP contribution in [0, 0.1) is 5.92 Å². The molecule has 1 amide bonds. The van der Waals surface area contributed by atoms with Gasteiger partial charge < -0.3 is 20.4 Å². The molecule has 0 spiro atoms. The lowest BCUT2D eigenvalue weighted by molar-refractivity contribution is 0.0946. The lowest BCUT2D eigenvalue weighted by Gasteiger charge is -2.32. The van der Waals surface area contributed by atoms with Gasteiger partial charge in [0.15, 0.2) is 0 Å². The van der Waals surface area contributed by atoms with E-state index in [0.717, 1.165) is 31.2 Å². The molecule has 0 unspecified atom stereocenters. The number of nitrogens with zero attached hydrogens (tertiary/aromatic N) is 4. The van der Waals surface area contributed by atoms with E-state index in [1.165, 1.54) is 24.9 Å². The van der Waals surface area contributed by atoms with E-state index in [0.29, 0.717) is 18.1 Å². The van der Waals surface area contributed by atoms with Gasteiger partial charge in [-0.15, -0.1) is 0 Å². The predicted octanol–water partition coefficient (Wildman–Crippen LogP) is 2.75. The van der Waals surface area contributed by atoms with Crippen LogP contribution in [-0.2, 0) is 0 Å². The van der Waals surface area contributed by atoms with Gasteiger partial charge >= 0.3 is 0 Å². The van der Waals surface area contributed by atoms with Crippen LogP contribution in [0.5, 0.6) is 0 Å². The van der Waals surface area contributed by atoms with Gasteiger partial charge in [-0.1, -0.05) is 6.92 Å². The van der Waals surface area contributed by atoms with Crippen molar-refractivity contribution < 1.29 is 4.79 Å². The molecule has 28 heavy (non-hydrogen) atoms. The Morgan fingerprint density at radius 2 is 1.89 bits per heavy atom. The van der Waals surface area contributed by atoms with Crippen LogP contribution in [0.15, 0.2) is 36.7 Å². The second-order valence-corrected chi connectivity index (χ2v) is 7.69. The summed E-state index contributed by atoms with van der Waals surface area (Å²) < 4.78 is 0. The average molecular weight is 383 g/mol. The van der Waals surface area contributed by atoms with Crippen molar-refractivity contribution in [2.24, 2.45) is 5.92 Å². The zero-order valence-corrected chi connectivity index (χ0v) is 17.0. The normalized spacial score (nSPS) is 14.9. The lowest BCUT2D eigenvalue weighted by Crippen LogP contribution is -2.32.